The van der Waals surface area contributed by atoms with Gasteiger partial charge in [0.15, 0.2) is 0 Å². The lowest BCUT2D eigenvalue weighted by Gasteiger charge is -2.41. The molecule has 1 N–H and O–H groups in total. The monoisotopic (exact) mass is 257 g/mol. The Bertz CT molecular complexity index is 268. The summed E-state index contributed by atoms with van der Waals surface area (Å²) in [5.74, 6) is 0.373. The Morgan fingerprint density at radius 3 is 2.39 bits per heavy atom. The molecule has 1 aliphatic heterocycles. The molecule has 1 saturated heterocycles. The van der Waals surface area contributed by atoms with E-state index < -0.39 is 5.54 Å². The zero-order valence-corrected chi connectivity index (χ0v) is 12.3. The van der Waals surface area contributed by atoms with Crippen LogP contribution < -0.4 is 5.32 Å². The Kier molecular flexibility index (Phi) is 5.60. The molecule has 18 heavy (non-hydrogen) atoms. The van der Waals surface area contributed by atoms with E-state index in [-0.39, 0.29) is 18.2 Å². The molecule has 2 atom stereocenters. The molecule has 1 heterocycles. The molecular weight excluding hydrogens is 230 g/mol. The minimum absolute atomic E-state index is 0.0813. The van der Waals surface area contributed by atoms with E-state index in [2.05, 4.69) is 19.2 Å². The largest absolute Gasteiger partial charge is 0.465 e. The molecule has 4 nitrogen and oxygen atoms in total. The van der Waals surface area contributed by atoms with E-state index in [0.29, 0.717) is 25.4 Å². The van der Waals surface area contributed by atoms with E-state index in [0.717, 1.165) is 6.54 Å². The minimum atomic E-state index is -0.572. The maximum Gasteiger partial charge on any atom is 0.326 e. The summed E-state index contributed by atoms with van der Waals surface area (Å²) in [6.45, 7) is 11.4. The van der Waals surface area contributed by atoms with Crippen molar-refractivity contribution in [2.75, 3.05) is 13.2 Å². The van der Waals surface area contributed by atoms with Gasteiger partial charge in [-0.1, -0.05) is 13.8 Å². The fraction of sp³-hybridized carbons (Fsp3) is 0.929. The number of esters is 1. The van der Waals surface area contributed by atoms with Crippen molar-refractivity contribution in [3.05, 3.63) is 0 Å². The van der Waals surface area contributed by atoms with Crippen LogP contribution in [0.5, 0.6) is 0 Å². The minimum Gasteiger partial charge on any atom is -0.465 e. The summed E-state index contributed by atoms with van der Waals surface area (Å²) in [7, 11) is 0. The highest BCUT2D eigenvalue weighted by Crippen LogP contribution is 2.30. The first kappa shape index (κ1) is 15.4. The van der Waals surface area contributed by atoms with Crippen LogP contribution in [-0.4, -0.2) is 36.9 Å². The van der Waals surface area contributed by atoms with E-state index in [1.165, 1.54) is 0 Å². The molecule has 4 heteroatoms. The highest BCUT2D eigenvalue weighted by atomic mass is 16.5. The predicted octanol–water partition coefficient (Wildman–Crippen LogP) is 2.12. The van der Waals surface area contributed by atoms with Crippen molar-refractivity contribution in [2.45, 2.75) is 65.2 Å². The van der Waals surface area contributed by atoms with Gasteiger partial charge in [0, 0.05) is 12.8 Å². The number of carbonyl (C=O) groups is 1. The van der Waals surface area contributed by atoms with Crippen LogP contribution in [-0.2, 0) is 14.3 Å². The van der Waals surface area contributed by atoms with Gasteiger partial charge in [-0.3, -0.25) is 4.79 Å². The summed E-state index contributed by atoms with van der Waals surface area (Å²) >= 11 is 0. The van der Waals surface area contributed by atoms with Gasteiger partial charge in [-0.25, -0.2) is 0 Å². The van der Waals surface area contributed by atoms with Gasteiger partial charge in [-0.15, -0.1) is 0 Å². The standard InChI is InChI=1S/C14H27NO3/c1-6-17-13(16)14(15-9-10(2)3)7-11(4)18-12(5)8-14/h10-12,15H,6-9H2,1-5H3. The van der Waals surface area contributed by atoms with Gasteiger partial charge in [0.25, 0.3) is 0 Å². The van der Waals surface area contributed by atoms with Gasteiger partial charge in [-0.2, -0.15) is 0 Å². The Morgan fingerprint density at radius 2 is 1.94 bits per heavy atom. The molecule has 0 radical (unpaired) electrons. The smallest absolute Gasteiger partial charge is 0.326 e. The third-order valence-electron chi connectivity index (χ3n) is 3.25. The van der Waals surface area contributed by atoms with Crippen molar-refractivity contribution in [3.63, 3.8) is 0 Å². The van der Waals surface area contributed by atoms with Crippen molar-refractivity contribution in [3.8, 4) is 0 Å². The summed E-state index contributed by atoms with van der Waals surface area (Å²) in [4.78, 5) is 12.3. The molecule has 2 unspecified atom stereocenters. The van der Waals surface area contributed by atoms with Gasteiger partial charge in [0.2, 0.25) is 0 Å². The molecule has 0 aliphatic carbocycles. The molecule has 0 bridgehead atoms. The van der Waals surface area contributed by atoms with Crippen molar-refractivity contribution in [1.82, 2.24) is 5.32 Å². The lowest BCUT2D eigenvalue weighted by Crippen LogP contribution is -2.60. The number of nitrogens with one attached hydrogen (secondary N) is 1. The zero-order valence-electron chi connectivity index (χ0n) is 12.3. The normalized spacial score (nSPS) is 32.6. The SMILES string of the molecule is CCOC(=O)C1(NCC(C)C)CC(C)OC(C)C1. The van der Waals surface area contributed by atoms with E-state index >= 15 is 0 Å². The number of hydrogen-bond donors (Lipinski definition) is 1. The highest BCUT2D eigenvalue weighted by Gasteiger charge is 2.45. The first-order chi connectivity index (χ1) is 8.39. The van der Waals surface area contributed by atoms with Crippen LogP contribution in [0.4, 0.5) is 0 Å². The van der Waals surface area contributed by atoms with E-state index in [1.807, 2.05) is 20.8 Å². The quantitative estimate of drug-likeness (QED) is 0.766. The van der Waals surface area contributed by atoms with Gasteiger partial charge in [0.05, 0.1) is 18.8 Å². The summed E-state index contributed by atoms with van der Waals surface area (Å²) in [6.07, 6.45) is 1.53. The topological polar surface area (TPSA) is 47.6 Å². The van der Waals surface area contributed by atoms with Gasteiger partial charge < -0.3 is 14.8 Å². The Labute approximate surface area is 110 Å². The molecule has 1 rings (SSSR count). The molecule has 1 fully saturated rings. The van der Waals surface area contributed by atoms with Crippen LogP contribution in [0.15, 0.2) is 0 Å². The van der Waals surface area contributed by atoms with Crippen LogP contribution in [0, 0.1) is 5.92 Å². The van der Waals surface area contributed by atoms with Crippen LogP contribution in [0.25, 0.3) is 0 Å². The molecule has 0 aromatic heterocycles. The molecule has 0 amide bonds. The lowest BCUT2D eigenvalue weighted by atomic mass is 9.83. The molecule has 0 aromatic rings. The van der Waals surface area contributed by atoms with Crippen LogP contribution >= 0.6 is 0 Å². The van der Waals surface area contributed by atoms with Crippen LogP contribution in [0.3, 0.4) is 0 Å². The maximum atomic E-state index is 12.3. The molecule has 106 valence electrons. The second-order valence-corrected chi connectivity index (χ2v) is 5.74. The highest BCUT2D eigenvalue weighted by molar-refractivity contribution is 5.81. The van der Waals surface area contributed by atoms with Crippen molar-refractivity contribution in [2.24, 2.45) is 5.92 Å². The second kappa shape index (κ2) is 6.53. The maximum absolute atomic E-state index is 12.3. The average molecular weight is 257 g/mol. The van der Waals surface area contributed by atoms with Crippen LogP contribution in [0.1, 0.15) is 47.5 Å². The third-order valence-corrected chi connectivity index (χ3v) is 3.25. The van der Waals surface area contributed by atoms with Crippen molar-refractivity contribution < 1.29 is 14.3 Å². The number of carbonyl (C=O) groups excluding carboxylic acids is 1. The molecular formula is C14H27NO3. The number of ether oxygens (including phenoxy) is 2. The van der Waals surface area contributed by atoms with E-state index in [1.54, 1.807) is 0 Å². The Balaban J connectivity index is 2.81. The predicted molar refractivity (Wildman–Crippen MR) is 71.4 cm³/mol. The Hall–Kier alpha value is -0.610. The molecule has 0 spiro atoms. The van der Waals surface area contributed by atoms with Crippen molar-refractivity contribution in [1.29, 1.82) is 0 Å². The zero-order chi connectivity index (χ0) is 13.8. The fourth-order valence-corrected chi connectivity index (χ4v) is 2.61. The first-order valence-electron chi connectivity index (χ1n) is 6.97. The lowest BCUT2D eigenvalue weighted by molar-refractivity contribution is -0.162. The summed E-state index contributed by atoms with van der Waals surface area (Å²) in [5.41, 5.74) is -0.572. The van der Waals surface area contributed by atoms with Gasteiger partial charge >= 0.3 is 5.97 Å². The fourth-order valence-electron chi connectivity index (χ4n) is 2.61. The first-order valence-corrected chi connectivity index (χ1v) is 6.97. The van der Waals surface area contributed by atoms with Gasteiger partial charge in [0.1, 0.15) is 5.54 Å². The van der Waals surface area contributed by atoms with Crippen molar-refractivity contribution >= 4 is 5.97 Å². The summed E-state index contributed by atoms with van der Waals surface area (Å²) in [6, 6.07) is 0. The molecule has 1 aliphatic rings. The van der Waals surface area contributed by atoms with Gasteiger partial charge in [-0.05, 0) is 33.2 Å². The van der Waals surface area contributed by atoms with E-state index in [4.69, 9.17) is 9.47 Å². The summed E-state index contributed by atoms with van der Waals surface area (Å²) < 4.78 is 11.0. The second-order valence-electron chi connectivity index (χ2n) is 5.74. The average Bonchev–Trinajstić information content (AvgIpc) is 2.25. The molecule has 0 aromatic carbocycles. The Morgan fingerprint density at radius 1 is 1.39 bits per heavy atom. The molecule has 0 saturated carbocycles. The summed E-state index contributed by atoms with van der Waals surface area (Å²) in [5, 5.41) is 3.43. The van der Waals surface area contributed by atoms with Crippen LogP contribution in [0.2, 0.25) is 0 Å². The third kappa shape index (κ3) is 3.95. The number of rotatable bonds is 5. The van der Waals surface area contributed by atoms with E-state index in [9.17, 15) is 4.79 Å². The number of hydrogen-bond acceptors (Lipinski definition) is 4.